The van der Waals surface area contributed by atoms with Gasteiger partial charge in [0, 0.05) is 24.9 Å². The highest BCUT2D eigenvalue weighted by molar-refractivity contribution is 7.91. The molecular weight excluding hydrogens is 338 g/mol. The number of ether oxygens (including phenoxy) is 1. The van der Waals surface area contributed by atoms with Crippen molar-refractivity contribution in [3.8, 4) is 11.5 Å². The van der Waals surface area contributed by atoms with E-state index in [1.807, 2.05) is 30.3 Å². The standard InChI is InChI=1S/C19H21NO4S/c1-25(22,23)18-11-13-20(14-12-18)19(21)15-7-9-17(10-8-15)24-16-5-3-2-4-6-16/h2-10,18H,11-14H2,1H3. The number of benzene rings is 2. The largest absolute Gasteiger partial charge is 0.457 e. The van der Waals surface area contributed by atoms with Crippen LogP contribution in [-0.4, -0.2) is 43.8 Å². The molecule has 0 atom stereocenters. The van der Waals surface area contributed by atoms with E-state index in [4.69, 9.17) is 4.74 Å². The molecule has 5 nitrogen and oxygen atoms in total. The van der Waals surface area contributed by atoms with Crippen LogP contribution in [-0.2, 0) is 9.84 Å². The summed E-state index contributed by atoms with van der Waals surface area (Å²) < 4.78 is 28.9. The second kappa shape index (κ2) is 7.27. The first-order chi connectivity index (χ1) is 11.9. The molecule has 1 amide bonds. The minimum absolute atomic E-state index is 0.0711. The van der Waals surface area contributed by atoms with Crippen LogP contribution in [0, 0.1) is 0 Å². The molecule has 0 radical (unpaired) electrons. The van der Waals surface area contributed by atoms with Gasteiger partial charge in [-0.3, -0.25) is 4.79 Å². The van der Waals surface area contributed by atoms with Crippen molar-refractivity contribution in [3.63, 3.8) is 0 Å². The lowest BCUT2D eigenvalue weighted by atomic mass is 10.1. The number of sulfone groups is 1. The van der Waals surface area contributed by atoms with E-state index in [0.29, 0.717) is 37.2 Å². The lowest BCUT2D eigenvalue weighted by Crippen LogP contribution is -2.42. The van der Waals surface area contributed by atoms with Crippen LogP contribution in [0.15, 0.2) is 54.6 Å². The molecule has 0 aliphatic carbocycles. The highest BCUT2D eigenvalue weighted by atomic mass is 32.2. The van der Waals surface area contributed by atoms with Gasteiger partial charge >= 0.3 is 0 Å². The lowest BCUT2D eigenvalue weighted by Gasteiger charge is -2.31. The van der Waals surface area contributed by atoms with Gasteiger partial charge in [0.05, 0.1) is 5.25 Å². The van der Waals surface area contributed by atoms with E-state index in [0.717, 1.165) is 5.75 Å². The molecule has 2 aromatic carbocycles. The molecule has 0 spiro atoms. The zero-order valence-corrected chi connectivity index (χ0v) is 14.9. The Labute approximate surface area is 148 Å². The van der Waals surface area contributed by atoms with Crippen molar-refractivity contribution in [2.45, 2.75) is 18.1 Å². The SMILES string of the molecule is CS(=O)(=O)C1CCN(C(=O)c2ccc(Oc3ccccc3)cc2)CC1. The topological polar surface area (TPSA) is 63.7 Å². The number of para-hydroxylation sites is 1. The van der Waals surface area contributed by atoms with E-state index in [1.54, 1.807) is 29.2 Å². The van der Waals surface area contributed by atoms with Crippen LogP contribution in [0.1, 0.15) is 23.2 Å². The van der Waals surface area contributed by atoms with E-state index in [2.05, 4.69) is 0 Å². The van der Waals surface area contributed by atoms with E-state index >= 15 is 0 Å². The molecule has 0 unspecified atom stereocenters. The Morgan fingerprint density at radius 1 is 0.960 bits per heavy atom. The zero-order valence-electron chi connectivity index (χ0n) is 14.1. The zero-order chi connectivity index (χ0) is 17.9. The maximum atomic E-state index is 12.6. The van der Waals surface area contributed by atoms with Gasteiger partial charge in [0.1, 0.15) is 21.3 Å². The number of piperidine rings is 1. The average molecular weight is 359 g/mol. The maximum Gasteiger partial charge on any atom is 0.253 e. The number of carbonyl (C=O) groups excluding carboxylic acids is 1. The third-order valence-corrected chi connectivity index (χ3v) is 6.10. The van der Waals surface area contributed by atoms with Gasteiger partial charge in [0.25, 0.3) is 5.91 Å². The second-order valence-electron chi connectivity index (χ2n) is 6.26. The molecule has 25 heavy (non-hydrogen) atoms. The fourth-order valence-corrected chi connectivity index (χ4v) is 4.03. The van der Waals surface area contributed by atoms with Crippen LogP contribution < -0.4 is 4.74 Å². The first-order valence-electron chi connectivity index (χ1n) is 8.24. The fourth-order valence-electron chi connectivity index (χ4n) is 2.96. The van der Waals surface area contributed by atoms with Gasteiger partial charge in [-0.2, -0.15) is 0 Å². The minimum Gasteiger partial charge on any atom is -0.457 e. The molecule has 132 valence electrons. The molecule has 1 fully saturated rings. The Hall–Kier alpha value is -2.34. The molecule has 0 saturated carbocycles. The molecule has 0 bridgehead atoms. The smallest absolute Gasteiger partial charge is 0.253 e. The Kier molecular flexibility index (Phi) is 5.08. The van der Waals surface area contributed by atoms with Gasteiger partial charge in [-0.15, -0.1) is 0 Å². The molecule has 3 rings (SSSR count). The highest BCUT2D eigenvalue weighted by Crippen LogP contribution is 2.23. The second-order valence-corrected chi connectivity index (χ2v) is 8.59. The van der Waals surface area contributed by atoms with Crippen LogP contribution in [0.2, 0.25) is 0 Å². The highest BCUT2D eigenvalue weighted by Gasteiger charge is 2.29. The average Bonchev–Trinajstić information content (AvgIpc) is 2.62. The van der Waals surface area contributed by atoms with Crippen LogP contribution in [0.5, 0.6) is 11.5 Å². The van der Waals surface area contributed by atoms with Crippen molar-refractivity contribution in [1.82, 2.24) is 4.90 Å². The Balaban J connectivity index is 1.62. The van der Waals surface area contributed by atoms with E-state index in [-0.39, 0.29) is 11.2 Å². The first kappa shape index (κ1) is 17.5. The van der Waals surface area contributed by atoms with Crippen molar-refractivity contribution in [2.24, 2.45) is 0 Å². The number of amides is 1. The van der Waals surface area contributed by atoms with Gasteiger partial charge in [0.2, 0.25) is 0 Å². The van der Waals surface area contributed by atoms with E-state index in [9.17, 15) is 13.2 Å². The Morgan fingerprint density at radius 2 is 1.52 bits per heavy atom. The van der Waals surface area contributed by atoms with Crippen molar-refractivity contribution >= 4 is 15.7 Å². The van der Waals surface area contributed by atoms with Gasteiger partial charge < -0.3 is 9.64 Å². The molecule has 1 aliphatic heterocycles. The third-order valence-electron chi connectivity index (χ3n) is 4.41. The van der Waals surface area contributed by atoms with Crippen molar-refractivity contribution in [1.29, 1.82) is 0 Å². The number of hydrogen-bond acceptors (Lipinski definition) is 4. The summed E-state index contributed by atoms with van der Waals surface area (Å²) in [6.07, 6.45) is 2.26. The van der Waals surface area contributed by atoms with Crippen LogP contribution in [0.4, 0.5) is 0 Å². The fraction of sp³-hybridized carbons (Fsp3) is 0.316. The summed E-state index contributed by atoms with van der Waals surface area (Å²) in [5.74, 6) is 1.33. The maximum absolute atomic E-state index is 12.6. The Morgan fingerprint density at radius 3 is 2.08 bits per heavy atom. The first-order valence-corrected chi connectivity index (χ1v) is 10.2. The predicted molar refractivity (Wildman–Crippen MR) is 96.7 cm³/mol. The molecule has 6 heteroatoms. The van der Waals surface area contributed by atoms with Gasteiger partial charge in [-0.05, 0) is 49.2 Å². The van der Waals surface area contributed by atoms with E-state index < -0.39 is 9.84 Å². The monoisotopic (exact) mass is 359 g/mol. The summed E-state index contributed by atoms with van der Waals surface area (Å²) >= 11 is 0. The molecule has 2 aromatic rings. The lowest BCUT2D eigenvalue weighted by molar-refractivity contribution is 0.0725. The van der Waals surface area contributed by atoms with Gasteiger partial charge in [0.15, 0.2) is 0 Å². The van der Waals surface area contributed by atoms with E-state index in [1.165, 1.54) is 6.26 Å². The summed E-state index contributed by atoms with van der Waals surface area (Å²) in [5.41, 5.74) is 0.582. The third kappa shape index (κ3) is 4.39. The summed E-state index contributed by atoms with van der Waals surface area (Å²) in [7, 11) is -3.03. The van der Waals surface area contributed by atoms with Gasteiger partial charge in [-0.1, -0.05) is 18.2 Å². The predicted octanol–water partition coefficient (Wildman–Crippen LogP) is 3.13. The normalized spacial score (nSPS) is 15.8. The quantitative estimate of drug-likeness (QED) is 0.841. The number of likely N-dealkylation sites (tertiary alicyclic amines) is 1. The number of nitrogens with zero attached hydrogens (tertiary/aromatic N) is 1. The summed E-state index contributed by atoms with van der Waals surface area (Å²) in [5, 5.41) is -0.335. The number of rotatable bonds is 4. The minimum atomic E-state index is -3.03. The molecule has 1 saturated heterocycles. The molecule has 1 aliphatic rings. The molecule has 0 aromatic heterocycles. The van der Waals surface area contributed by atoms with Crippen LogP contribution >= 0.6 is 0 Å². The molecular formula is C19H21NO4S. The van der Waals surface area contributed by atoms with Gasteiger partial charge in [-0.25, -0.2) is 8.42 Å². The number of carbonyl (C=O) groups is 1. The van der Waals surface area contributed by atoms with Crippen molar-refractivity contribution < 1.29 is 17.9 Å². The van der Waals surface area contributed by atoms with Crippen LogP contribution in [0.3, 0.4) is 0 Å². The van der Waals surface area contributed by atoms with Crippen molar-refractivity contribution in [2.75, 3.05) is 19.3 Å². The van der Waals surface area contributed by atoms with Crippen molar-refractivity contribution in [3.05, 3.63) is 60.2 Å². The van der Waals surface area contributed by atoms with Crippen LogP contribution in [0.25, 0.3) is 0 Å². The molecule has 1 heterocycles. The Bertz CT molecular complexity index is 823. The number of hydrogen-bond donors (Lipinski definition) is 0. The summed E-state index contributed by atoms with van der Waals surface area (Å²) in [6.45, 7) is 0.942. The summed E-state index contributed by atoms with van der Waals surface area (Å²) in [4.78, 5) is 14.3. The molecule has 0 N–H and O–H groups in total. The summed E-state index contributed by atoms with van der Waals surface area (Å²) in [6, 6.07) is 16.5.